The average Bonchev–Trinajstić information content (AvgIpc) is 2.78. The average molecular weight is 388 g/mol. The van der Waals surface area contributed by atoms with Gasteiger partial charge in [0.2, 0.25) is 6.10 Å². The van der Waals surface area contributed by atoms with E-state index in [1.54, 1.807) is 36.4 Å². The fourth-order valence-corrected chi connectivity index (χ4v) is 2.96. The molecule has 6 nitrogen and oxygen atoms in total. The highest BCUT2D eigenvalue weighted by Gasteiger charge is 2.27. The first-order valence-corrected chi connectivity index (χ1v) is 9.30. The second-order valence-electron chi connectivity index (χ2n) is 6.60. The highest BCUT2D eigenvalue weighted by molar-refractivity contribution is 5.97. The lowest BCUT2D eigenvalue weighted by molar-refractivity contribution is -0.125. The summed E-state index contributed by atoms with van der Waals surface area (Å²) < 4.78 is 11.3. The van der Waals surface area contributed by atoms with E-state index in [4.69, 9.17) is 9.47 Å². The van der Waals surface area contributed by atoms with E-state index in [9.17, 15) is 9.59 Å². The third-order valence-electron chi connectivity index (χ3n) is 4.51. The molecule has 1 aliphatic heterocycles. The molecular weight excluding hydrogens is 368 g/mol. The van der Waals surface area contributed by atoms with Gasteiger partial charge in [-0.3, -0.25) is 9.59 Å². The van der Waals surface area contributed by atoms with Crippen LogP contribution in [0.5, 0.6) is 11.5 Å². The lowest BCUT2D eigenvalue weighted by Crippen LogP contribution is -2.40. The van der Waals surface area contributed by atoms with E-state index in [-0.39, 0.29) is 18.4 Å². The molecule has 0 aromatic heterocycles. The summed E-state index contributed by atoms with van der Waals surface area (Å²) in [6.07, 6.45) is -0.737. The van der Waals surface area contributed by atoms with Crippen LogP contribution >= 0.6 is 0 Å². The Morgan fingerprint density at radius 3 is 2.31 bits per heavy atom. The quantitative estimate of drug-likeness (QED) is 0.702. The fraction of sp³-hybridized carbons (Fsp3) is 0.130. The molecule has 0 unspecified atom stereocenters. The Labute approximate surface area is 168 Å². The van der Waals surface area contributed by atoms with Gasteiger partial charge in [-0.05, 0) is 42.0 Å². The largest absolute Gasteiger partial charge is 0.485 e. The van der Waals surface area contributed by atoms with Crippen molar-refractivity contribution in [1.29, 1.82) is 0 Å². The van der Waals surface area contributed by atoms with Gasteiger partial charge >= 0.3 is 0 Å². The molecule has 3 aromatic carbocycles. The van der Waals surface area contributed by atoms with E-state index < -0.39 is 6.10 Å². The van der Waals surface area contributed by atoms with Crippen LogP contribution in [0.2, 0.25) is 0 Å². The molecular formula is C23H20N2O4. The van der Waals surface area contributed by atoms with Crippen LogP contribution in [0.1, 0.15) is 15.9 Å². The van der Waals surface area contributed by atoms with Gasteiger partial charge in [0, 0.05) is 17.8 Å². The molecule has 1 aliphatic rings. The Morgan fingerprint density at radius 2 is 1.55 bits per heavy atom. The fourth-order valence-electron chi connectivity index (χ4n) is 2.96. The number of amides is 2. The molecule has 0 aliphatic carbocycles. The third kappa shape index (κ3) is 4.55. The Bertz CT molecular complexity index is 1000. The first-order chi connectivity index (χ1) is 14.2. The van der Waals surface area contributed by atoms with Crippen LogP contribution in [-0.4, -0.2) is 24.5 Å². The van der Waals surface area contributed by atoms with Gasteiger partial charge in [0.25, 0.3) is 11.8 Å². The Balaban J connectivity index is 1.32. The topological polar surface area (TPSA) is 76.7 Å². The summed E-state index contributed by atoms with van der Waals surface area (Å²) in [5.74, 6) is 0.694. The summed E-state index contributed by atoms with van der Waals surface area (Å²) in [5, 5.41) is 5.66. The minimum atomic E-state index is -0.737. The molecule has 3 aromatic rings. The highest BCUT2D eigenvalue weighted by Crippen LogP contribution is 2.31. The highest BCUT2D eigenvalue weighted by atomic mass is 16.6. The van der Waals surface area contributed by atoms with Crippen LogP contribution in [0.3, 0.4) is 0 Å². The number of nitrogens with one attached hydrogen (secondary N) is 2. The van der Waals surface area contributed by atoms with Crippen LogP contribution in [0.4, 0.5) is 5.69 Å². The van der Waals surface area contributed by atoms with Gasteiger partial charge in [-0.1, -0.05) is 42.5 Å². The number of rotatable bonds is 5. The minimum Gasteiger partial charge on any atom is -0.485 e. The predicted molar refractivity (Wildman–Crippen MR) is 109 cm³/mol. The molecule has 0 bridgehead atoms. The normalized spacial score (nSPS) is 14.7. The third-order valence-corrected chi connectivity index (χ3v) is 4.51. The Hall–Kier alpha value is -3.80. The molecule has 0 spiro atoms. The molecule has 6 heteroatoms. The van der Waals surface area contributed by atoms with Gasteiger partial charge in [-0.15, -0.1) is 0 Å². The smallest absolute Gasteiger partial charge is 0.269 e. The second kappa shape index (κ2) is 8.48. The van der Waals surface area contributed by atoms with Crippen molar-refractivity contribution in [3.8, 4) is 11.5 Å². The van der Waals surface area contributed by atoms with Crippen LogP contribution in [0, 0.1) is 0 Å². The van der Waals surface area contributed by atoms with Gasteiger partial charge in [0.05, 0.1) is 0 Å². The van der Waals surface area contributed by atoms with Crippen LogP contribution < -0.4 is 20.1 Å². The number of carbonyl (C=O) groups is 2. The summed E-state index contributed by atoms with van der Waals surface area (Å²) >= 11 is 0. The lowest BCUT2D eigenvalue weighted by atomic mass is 10.1. The van der Waals surface area contributed by atoms with Crippen molar-refractivity contribution < 1.29 is 19.1 Å². The maximum absolute atomic E-state index is 12.5. The van der Waals surface area contributed by atoms with Crippen molar-refractivity contribution in [3.63, 3.8) is 0 Å². The van der Waals surface area contributed by atoms with Crippen molar-refractivity contribution in [2.75, 3.05) is 11.9 Å². The number of carbonyl (C=O) groups excluding carboxylic acids is 2. The first kappa shape index (κ1) is 18.6. The lowest BCUT2D eigenvalue weighted by Gasteiger charge is -2.25. The standard InChI is InChI=1S/C23H20N2O4/c26-22(24-14-16-6-2-1-3-7-16)17-10-12-18(13-11-17)25-23(27)21-15-28-19-8-4-5-9-20(19)29-21/h1-13,21H,14-15H2,(H,24,26)(H,25,27)/t21-/m1/s1. The minimum absolute atomic E-state index is 0.142. The number of anilines is 1. The number of para-hydroxylation sites is 2. The molecule has 146 valence electrons. The van der Waals surface area contributed by atoms with Crippen LogP contribution in [0.25, 0.3) is 0 Å². The summed E-state index contributed by atoms with van der Waals surface area (Å²) in [6.45, 7) is 0.599. The van der Waals surface area contributed by atoms with E-state index in [0.717, 1.165) is 5.56 Å². The van der Waals surface area contributed by atoms with Gasteiger partial charge in [-0.25, -0.2) is 0 Å². The number of benzene rings is 3. The van der Waals surface area contributed by atoms with E-state index in [2.05, 4.69) is 10.6 Å². The van der Waals surface area contributed by atoms with Crippen LogP contribution in [0.15, 0.2) is 78.9 Å². The van der Waals surface area contributed by atoms with Gasteiger partial charge in [0.1, 0.15) is 6.61 Å². The zero-order chi connectivity index (χ0) is 20.1. The molecule has 0 saturated carbocycles. The monoisotopic (exact) mass is 388 g/mol. The van der Waals surface area contributed by atoms with Crippen LogP contribution in [-0.2, 0) is 11.3 Å². The number of hydrogen-bond donors (Lipinski definition) is 2. The van der Waals surface area contributed by atoms with Gasteiger partial charge < -0.3 is 20.1 Å². The van der Waals surface area contributed by atoms with E-state index in [1.165, 1.54) is 0 Å². The van der Waals surface area contributed by atoms with Crippen molar-refractivity contribution in [2.24, 2.45) is 0 Å². The molecule has 0 fully saturated rings. The maximum atomic E-state index is 12.5. The Morgan fingerprint density at radius 1 is 0.862 bits per heavy atom. The SMILES string of the molecule is O=C(NCc1ccccc1)c1ccc(NC(=O)[C@H]2COc3ccccc3O2)cc1. The van der Waals surface area contributed by atoms with Crippen molar-refractivity contribution in [1.82, 2.24) is 5.32 Å². The molecule has 29 heavy (non-hydrogen) atoms. The van der Waals surface area contributed by atoms with E-state index in [1.807, 2.05) is 42.5 Å². The molecule has 0 radical (unpaired) electrons. The summed E-state index contributed by atoms with van der Waals surface area (Å²) in [5.41, 5.74) is 2.13. The zero-order valence-electron chi connectivity index (χ0n) is 15.6. The summed E-state index contributed by atoms with van der Waals surface area (Å²) in [4.78, 5) is 24.7. The number of fused-ring (bicyclic) bond motifs is 1. The molecule has 4 rings (SSSR count). The molecule has 1 heterocycles. The van der Waals surface area contributed by atoms with Crippen molar-refractivity contribution in [3.05, 3.63) is 90.0 Å². The number of ether oxygens (including phenoxy) is 2. The van der Waals surface area contributed by atoms with E-state index >= 15 is 0 Å². The molecule has 2 amide bonds. The predicted octanol–water partition coefficient (Wildman–Crippen LogP) is 3.40. The number of hydrogen-bond acceptors (Lipinski definition) is 4. The zero-order valence-corrected chi connectivity index (χ0v) is 15.6. The second-order valence-corrected chi connectivity index (χ2v) is 6.60. The summed E-state index contributed by atoms with van der Waals surface area (Å²) in [6, 6.07) is 23.6. The maximum Gasteiger partial charge on any atom is 0.269 e. The van der Waals surface area contributed by atoms with Gasteiger partial charge in [-0.2, -0.15) is 0 Å². The van der Waals surface area contributed by atoms with Crippen molar-refractivity contribution in [2.45, 2.75) is 12.6 Å². The van der Waals surface area contributed by atoms with E-state index in [0.29, 0.717) is 29.3 Å². The first-order valence-electron chi connectivity index (χ1n) is 9.30. The Kier molecular flexibility index (Phi) is 5.42. The molecule has 0 saturated heterocycles. The van der Waals surface area contributed by atoms with Crippen molar-refractivity contribution >= 4 is 17.5 Å². The molecule has 1 atom stereocenters. The van der Waals surface area contributed by atoms with Gasteiger partial charge in [0.15, 0.2) is 11.5 Å². The molecule has 2 N–H and O–H groups in total. The summed E-state index contributed by atoms with van der Waals surface area (Å²) in [7, 11) is 0.